The fraction of sp³-hybridized carbons (Fsp3) is 0.545. The summed E-state index contributed by atoms with van der Waals surface area (Å²) in [7, 11) is 0. The third-order valence-corrected chi connectivity index (χ3v) is 1.70. The summed E-state index contributed by atoms with van der Waals surface area (Å²) in [6, 6.07) is 3.30. The van der Waals surface area contributed by atoms with Crippen molar-refractivity contribution in [2.24, 2.45) is 0 Å². The standard InChI is InChI=1S/C11H17NO4/c1-11(2,3)12-10(14)15-7-9-5-4-8(6-13)16-9/h4-5,13H,6-7H2,1-3H3,(H,12,14). The molecule has 0 saturated heterocycles. The lowest BCUT2D eigenvalue weighted by molar-refractivity contribution is 0.121. The zero-order chi connectivity index (χ0) is 12.2. The van der Waals surface area contributed by atoms with E-state index in [0.717, 1.165) is 0 Å². The van der Waals surface area contributed by atoms with Crippen molar-refractivity contribution >= 4 is 6.09 Å². The maximum atomic E-state index is 11.3. The van der Waals surface area contributed by atoms with Crippen molar-refractivity contribution in [2.75, 3.05) is 0 Å². The maximum absolute atomic E-state index is 11.3. The van der Waals surface area contributed by atoms with E-state index in [-0.39, 0.29) is 18.8 Å². The molecule has 0 fully saturated rings. The van der Waals surface area contributed by atoms with Gasteiger partial charge in [-0.25, -0.2) is 4.79 Å². The van der Waals surface area contributed by atoms with Gasteiger partial charge in [0, 0.05) is 5.54 Å². The second-order valence-electron chi connectivity index (χ2n) is 4.48. The molecular formula is C11H17NO4. The molecule has 0 radical (unpaired) electrons. The SMILES string of the molecule is CC(C)(C)NC(=O)OCc1ccc(CO)o1. The summed E-state index contributed by atoms with van der Waals surface area (Å²) >= 11 is 0. The van der Waals surface area contributed by atoms with Crippen LogP contribution in [0.1, 0.15) is 32.3 Å². The molecular weight excluding hydrogens is 210 g/mol. The van der Waals surface area contributed by atoms with Crippen LogP contribution in [-0.4, -0.2) is 16.7 Å². The molecule has 0 aromatic carbocycles. The Kier molecular flexibility index (Phi) is 3.95. The molecule has 1 heterocycles. The number of aliphatic hydroxyl groups excluding tert-OH is 1. The van der Waals surface area contributed by atoms with Gasteiger partial charge in [-0.3, -0.25) is 0 Å². The minimum atomic E-state index is -0.491. The number of carbonyl (C=O) groups excluding carboxylic acids is 1. The smallest absolute Gasteiger partial charge is 0.407 e. The van der Waals surface area contributed by atoms with Crippen LogP contribution in [0.2, 0.25) is 0 Å². The van der Waals surface area contributed by atoms with E-state index in [1.54, 1.807) is 12.1 Å². The Morgan fingerprint density at radius 3 is 2.56 bits per heavy atom. The molecule has 1 aromatic rings. The van der Waals surface area contributed by atoms with Gasteiger partial charge in [-0.2, -0.15) is 0 Å². The Balaban J connectivity index is 2.37. The molecule has 0 aliphatic rings. The Hall–Kier alpha value is -1.49. The van der Waals surface area contributed by atoms with Crippen molar-refractivity contribution in [2.45, 2.75) is 39.5 Å². The highest BCUT2D eigenvalue weighted by Crippen LogP contribution is 2.09. The first-order valence-electron chi connectivity index (χ1n) is 5.04. The monoisotopic (exact) mass is 227 g/mol. The normalized spacial score (nSPS) is 11.2. The first kappa shape index (κ1) is 12.6. The molecule has 0 atom stereocenters. The molecule has 1 rings (SSSR count). The molecule has 0 saturated carbocycles. The van der Waals surface area contributed by atoms with E-state index in [1.165, 1.54) is 0 Å². The topological polar surface area (TPSA) is 71.7 Å². The lowest BCUT2D eigenvalue weighted by Crippen LogP contribution is -2.40. The zero-order valence-electron chi connectivity index (χ0n) is 9.74. The lowest BCUT2D eigenvalue weighted by Gasteiger charge is -2.19. The van der Waals surface area contributed by atoms with Gasteiger partial charge in [0.1, 0.15) is 18.1 Å². The number of rotatable bonds is 3. The average molecular weight is 227 g/mol. The van der Waals surface area contributed by atoms with Crippen LogP contribution in [0.15, 0.2) is 16.5 Å². The van der Waals surface area contributed by atoms with E-state index in [9.17, 15) is 4.79 Å². The van der Waals surface area contributed by atoms with Gasteiger partial charge in [0.25, 0.3) is 0 Å². The fourth-order valence-corrected chi connectivity index (χ4v) is 1.06. The predicted molar refractivity (Wildman–Crippen MR) is 57.7 cm³/mol. The Morgan fingerprint density at radius 2 is 2.06 bits per heavy atom. The third kappa shape index (κ3) is 4.35. The van der Waals surface area contributed by atoms with E-state index < -0.39 is 6.09 Å². The van der Waals surface area contributed by atoms with Crippen LogP contribution in [0.4, 0.5) is 4.79 Å². The Morgan fingerprint density at radius 1 is 1.44 bits per heavy atom. The molecule has 90 valence electrons. The molecule has 0 spiro atoms. The van der Waals surface area contributed by atoms with Crippen LogP contribution in [0.5, 0.6) is 0 Å². The quantitative estimate of drug-likeness (QED) is 0.825. The number of alkyl carbamates (subject to hydrolysis) is 1. The lowest BCUT2D eigenvalue weighted by atomic mass is 10.1. The van der Waals surface area contributed by atoms with Crippen LogP contribution < -0.4 is 5.32 Å². The number of ether oxygens (including phenoxy) is 1. The fourth-order valence-electron chi connectivity index (χ4n) is 1.06. The van der Waals surface area contributed by atoms with Crippen molar-refractivity contribution in [1.82, 2.24) is 5.32 Å². The third-order valence-electron chi connectivity index (χ3n) is 1.70. The molecule has 1 amide bonds. The molecule has 1 aromatic heterocycles. The molecule has 5 nitrogen and oxygen atoms in total. The van der Waals surface area contributed by atoms with Crippen LogP contribution in [0.3, 0.4) is 0 Å². The number of furan rings is 1. The summed E-state index contributed by atoms with van der Waals surface area (Å²) in [6.45, 7) is 5.50. The maximum Gasteiger partial charge on any atom is 0.407 e. The molecule has 0 aliphatic carbocycles. The molecule has 0 aliphatic heterocycles. The first-order valence-corrected chi connectivity index (χ1v) is 5.04. The van der Waals surface area contributed by atoms with Gasteiger partial charge in [0.05, 0.1) is 0 Å². The number of aliphatic hydroxyl groups is 1. The van der Waals surface area contributed by atoms with Crippen LogP contribution in [0, 0.1) is 0 Å². The van der Waals surface area contributed by atoms with Gasteiger partial charge in [0.15, 0.2) is 6.61 Å². The summed E-state index contributed by atoms with van der Waals surface area (Å²) in [5.74, 6) is 0.961. The number of carbonyl (C=O) groups is 1. The highest BCUT2D eigenvalue weighted by Gasteiger charge is 2.15. The first-order chi connectivity index (χ1) is 7.40. The molecule has 16 heavy (non-hydrogen) atoms. The Labute approximate surface area is 94.4 Å². The minimum absolute atomic E-state index is 0.0575. The van der Waals surface area contributed by atoms with Crippen molar-refractivity contribution in [1.29, 1.82) is 0 Å². The van der Waals surface area contributed by atoms with Crippen LogP contribution in [-0.2, 0) is 18.0 Å². The van der Waals surface area contributed by atoms with E-state index in [4.69, 9.17) is 14.3 Å². The largest absolute Gasteiger partial charge is 0.460 e. The highest BCUT2D eigenvalue weighted by molar-refractivity contribution is 5.67. The van der Waals surface area contributed by atoms with Gasteiger partial charge < -0.3 is 19.6 Å². The van der Waals surface area contributed by atoms with Crippen molar-refractivity contribution in [3.8, 4) is 0 Å². The van der Waals surface area contributed by atoms with Crippen LogP contribution >= 0.6 is 0 Å². The van der Waals surface area contributed by atoms with Gasteiger partial charge >= 0.3 is 6.09 Å². The molecule has 0 unspecified atom stereocenters. The summed E-state index contributed by atoms with van der Waals surface area (Å²) in [5.41, 5.74) is -0.323. The van der Waals surface area contributed by atoms with Gasteiger partial charge in [-0.15, -0.1) is 0 Å². The van der Waals surface area contributed by atoms with Crippen molar-refractivity contribution < 1.29 is 19.1 Å². The summed E-state index contributed by atoms with van der Waals surface area (Å²) in [5, 5.41) is 11.4. The van der Waals surface area contributed by atoms with E-state index >= 15 is 0 Å². The predicted octanol–water partition coefficient (Wildman–Crippen LogP) is 1.80. The summed E-state index contributed by atoms with van der Waals surface area (Å²) in [6.07, 6.45) is -0.491. The van der Waals surface area contributed by atoms with Gasteiger partial charge in [-0.05, 0) is 32.9 Å². The number of hydrogen-bond donors (Lipinski definition) is 2. The number of amides is 1. The summed E-state index contributed by atoms with van der Waals surface area (Å²) in [4.78, 5) is 11.3. The second kappa shape index (κ2) is 5.03. The molecule has 0 bridgehead atoms. The number of hydrogen-bond acceptors (Lipinski definition) is 4. The second-order valence-corrected chi connectivity index (χ2v) is 4.48. The van der Waals surface area contributed by atoms with E-state index in [2.05, 4.69) is 5.32 Å². The van der Waals surface area contributed by atoms with Crippen molar-refractivity contribution in [3.63, 3.8) is 0 Å². The Bertz CT molecular complexity index is 351. The summed E-state index contributed by atoms with van der Waals surface area (Å²) < 4.78 is 10.1. The van der Waals surface area contributed by atoms with Crippen LogP contribution in [0.25, 0.3) is 0 Å². The average Bonchev–Trinajstić information content (AvgIpc) is 2.59. The highest BCUT2D eigenvalue weighted by atomic mass is 16.6. The van der Waals surface area contributed by atoms with Gasteiger partial charge in [-0.1, -0.05) is 0 Å². The number of nitrogens with one attached hydrogen (secondary N) is 1. The van der Waals surface area contributed by atoms with E-state index in [0.29, 0.717) is 11.5 Å². The zero-order valence-corrected chi connectivity index (χ0v) is 9.74. The molecule has 2 N–H and O–H groups in total. The minimum Gasteiger partial charge on any atom is -0.460 e. The molecule has 5 heteroatoms. The van der Waals surface area contributed by atoms with Gasteiger partial charge in [0.2, 0.25) is 0 Å². The van der Waals surface area contributed by atoms with Crippen molar-refractivity contribution in [3.05, 3.63) is 23.7 Å². The van der Waals surface area contributed by atoms with E-state index in [1.807, 2.05) is 20.8 Å².